The van der Waals surface area contributed by atoms with E-state index >= 15 is 0 Å². The fourth-order valence-corrected chi connectivity index (χ4v) is 1.74. The van der Waals surface area contributed by atoms with E-state index in [1.807, 2.05) is 20.8 Å². The predicted molar refractivity (Wildman–Crippen MR) is 111 cm³/mol. The Labute approximate surface area is 164 Å². The second kappa shape index (κ2) is 16.2. The number of nitro groups is 1. The number of unbranched alkanes of at least 4 members (excludes halogenated alkanes) is 2. The van der Waals surface area contributed by atoms with E-state index in [1.54, 1.807) is 19.4 Å². The molecule has 0 aliphatic rings. The SMILES string of the molecule is CC=O.CCCCN(CCCC)c1ccc([N+](=O)[O-])nc1.COC(C)(C)C. The number of hydrogen-bond donors (Lipinski definition) is 0. The lowest BCUT2D eigenvalue weighted by Crippen LogP contribution is -2.25. The van der Waals surface area contributed by atoms with E-state index in [1.165, 1.54) is 13.0 Å². The highest BCUT2D eigenvalue weighted by Crippen LogP contribution is 2.17. The first-order valence-electron chi connectivity index (χ1n) is 9.47. The molecule has 27 heavy (non-hydrogen) atoms. The standard InChI is InChI=1S/C13H21N3O2.C5H12O.C2H4O/c1-3-5-9-15(10-6-4-2)12-7-8-13(14-11-12)16(17)18;1-5(2,3)6-4;1-2-3/h7-8,11H,3-6,9-10H2,1-2H3;1-4H3;2H,1H3. The van der Waals surface area contributed by atoms with Crippen LogP contribution < -0.4 is 4.90 Å². The topological polar surface area (TPSA) is 85.6 Å². The van der Waals surface area contributed by atoms with Crippen LogP contribution in [-0.4, -0.2) is 42.0 Å². The van der Waals surface area contributed by atoms with Crippen LogP contribution in [0.5, 0.6) is 0 Å². The van der Waals surface area contributed by atoms with Crippen molar-refractivity contribution in [2.24, 2.45) is 0 Å². The summed E-state index contributed by atoms with van der Waals surface area (Å²) in [6.07, 6.45) is 6.89. The molecule has 0 saturated carbocycles. The molecule has 0 amide bonds. The summed E-state index contributed by atoms with van der Waals surface area (Å²) < 4.78 is 4.94. The van der Waals surface area contributed by atoms with Gasteiger partial charge in [-0.1, -0.05) is 26.7 Å². The number of ether oxygens (including phenoxy) is 1. The van der Waals surface area contributed by atoms with Crippen molar-refractivity contribution in [2.45, 2.75) is 72.8 Å². The van der Waals surface area contributed by atoms with Crippen molar-refractivity contribution in [3.05, 3.63) is 28.4 Å². The van der Waals surface area contributed by atoms with Crippen LogP contribution in [0, 0.1) is 10.1 Å². The van der Waals surface area contributed by atoms with Crippen LogP contribution in [0.3, 0.4) is 0 Å². The first-order valence-corrected chi connectivity index (χ1v) is 9.47. The second-order valence-corrected chi connectivity index (χ2v) is 6.88. The van der Waals surface area contributed by atoms with Gasteiger partial charge in [0, 0.05) is 26.3 Å². The number of carbonyl (C=O) groups excluding carboxylic acids is 1. The molecule has 1 aromatic rings. The van der Waals surface area contributed by atoms with Crippen molar-refractivity contribution in [3.63, 3.8) is 0 Å². The Morgan fingerprint density at radius 3 is 1.89 bits per heavy atom. The molecule has 0 N–H and O–H groups in total. The molecular formula is C20H37N3O4. The number of rotatable bonds is 8. The molecule has 0 fully saturated rings. The van der Waals surface area contributed by atoms with E-state index in [2.05, 4.69) is 23.7 Å². The molecule has 0 bridgehead atoms. The molecule has 0 saturated heterocycles. The van der Waals surface area contributed by atoms with E-state index in [0.29, 0.717) is 0 Å². The Balaban J connectivity index is 0. The maximum atomic E-state index is 10.6. The van der Waals surface area contributed by atoms with Gasteiger partial charge in [0.2, 0.25) is 0 Å². The van der Waals surface area contributed by atoms with Crippen LogP contribution in [0.2, 0.25) is 0 Å². The van der Waals surface area contributed by atoms with Gasteiger partial charge in [0.1, 0.15) is 6.29 Å². The third kappa shape index (κ3) is 15.9. The first-order chi connectivity index (χ1) is 12.7. The van der Waals surface area contributed by atoms with Gasteiger partial charge >= 0.3 is 5.82 Å². The highest BCUT2D eigenvalue weighted by molar-refractivity contribution is 5.46. The molecule has 1 aromatic heterocycles. The third-order valence-corrected chi connectivity index (χ3v) is 3.46. The van der Waals surface area contributed by atoms with Gasteiger partial charge in [-0.05, 0) is 56.5 Å². The van der Waals surface area contributed by atoms with Crippen molar-refractivity contribution in [3.8, 4) is 0 Å². The Morgan fingerprint density at radius 2 is 1.63 bits per heavy atom. The largest absolute Gasteiger partial charge is 0.379 e. The van der Waals surface area contributed by atoms with E-state index in [4.69, 9.17) is 9.53 Å². The Kier molecular flexibility index (Phi) is 16.3. The number of methoxy groups -OCH3 is 1. The lowest BCUT2D eigenvalue weighted by atomic mass is 10.2. The van der Waals surface area contributed by atoms with Gasteiger partial charge in [-0.3, -0.25) is 0 Å². The maximum absolute atomic E-state index is 10.6. The third-order valence-electron chi connectivity index (χ3n) is 3.46. The smallest absolute Gasteiger partial charge is 0.363 e. The minimum absolute atomic E-state index is 0.0417. The van der Waals surface area contributed by atoms with Crippen LogP contribution >= 0.6 is 0 Å². The number of hydrogen-bond acceptors (Lipinski definition) is 6. The second-order valence-electron chi connectivity index (χ2n) is 6.88. The summed E-state index contributed by atoms with van der Waals surface area (Å²) in [5, 5.41) is 10.6. The summed E-state index contributed by atoms with van der Waals surface area (Å²) in [6.45, 7) is 13.8. The number of nitrogens with zero attached hydrogens (tertiary/aromatic N) is 3. The molecular weight excluding hydrogens is 346 g/mol. The molecule has 0 aliphatic carbocycles. The summed E-state index contributed by atoms with van der Waals surface area (Å²) in [5.74, 6) is -0.0929. The fourth-order valence-electron chi connectivity index (χ4n) is 1.74. The zero-order chi connectivity index (χ0) is 21.3. The molecule has 0 aliphatic heterocycles. The normalized spacial score (nSPS) is 10.0. The average molecular weight is 384 g/mol. The number of pyridine rings is 1. The number of aldehydes is 1. The highest BCUT2D eigenvalue weighted by Gasteiger charge is 2.11. The van der Waals surface area contributed by atoms with E-state index < -0.39 is 4.92 Å². The van der Waals surface area contributed by atoms with Crippen LogP contribution in [0.15, 0.2) is 18.3 Å². The van der Waals surface area contributed by atoms with Crippen LogP contribution in [-0.2, 0) is 9.53 Å². The molecule has 0 aromatic carbocycles. The molecule has 156 valence electrons. The number of aromatic nitrogens is 1. The molecule has 0 unspecified atom stereocenters. The summed E-state index contributed by atoms with van der Waals surface area (Å²) >= 11 is 0. The summed E-state index contributed by atoms with van der Waals surface area (Å²) in [4.78, 5) is 25.0. The van der Waals surface area contributed by atoms with Crippen LogP contribution in [0.1, 0.15) is 67.2 Å². The Bertz CT molecular complexity index is 491. The first kappa shape index (κ1) is 27.2. The predicted octanol–water partition coefficient (Wildman–Crippen LogP) is 5.03. The van der Waals surface area contributed by atoms with E-state index in [9.17, 15) is 10.1 Å². The van der Waals surface area contributed by atoms with E-state index in [0.717, 1.165) is 50.7 Å². The van der Waals surface area contributed by atoms with Gasteiger partial charge in [-0.25, -0.2) is 0 Å². The minimum atomic E-state index is -0.466. The lowest BCUT2D eigenvalue weighted by Gasteiger charge is -2.23. The van der Waals surface area contributed by atoms with Crippen molar-refractivity contribution in [1.82, 2.24) is 4.98 Å². The van der Waals surface area contributed by atoms with Crippen molar-refractivity contribution in [1.29, 1.82) is 0 Å². The van der Waals surface area contributed by atoms with Gasteiger partial charge in [-0.2, -0.15) is 0 Å². The molecule has 1 rings (SSSR count). The molecule has 0 atom stereocenters. The van der Waals surface area contributed by atoms with Gasteiger partial charge in [0.15, 0.2) is 6.20 Å². The minimum Gasteiger partial charge on any atom is -0.379 e. The van der Waals surface area contributed by atoms with Gasteiger partial charge in [0.05, 0.1) is 11.3 Å². The summed E-state index contributed by atoms with van der Waals surface area (Å²) in [5.41, 5.74) is 1.02. The molecule has 7 heteroatoms. The van der Waals surface area contributed by atoms with Gasteiger partial charge in [0.25, 0.3) is 0 Å². The van der Waals surface area contributed by atoms with E-state index in [-0.39, 0.29) is 11.4 Å². The lowest BCUT2D eigenvalue weighted by molar-refractivity contribution is -0.389. The monoisotopic (exact) mass is 383 g/mol. The van der Waals surface area contributed by atoms with Crippen molar-refractivity contribution < 1.29 is 14.5 Å². The highest BCUT2D eigenvalue weighted by atomic mass is 16.6. The zero-order valence-electron chi connectivity index (χ0n) is 18.0. The summed E-state index contributed by atoms with van der Waals surface area (Å²) in [6, 6.07) is 3.26. The molecule has 0 spiro atoms. The average Bonchev–Trinajstić information content (AvgIpc) is 2.62. The Morgan fingerprint density at radius 1 is 1.19 bits per heavy atom. The van der Waals surface area contributed by atoms with Crippen LogP contribution in [0.4, 0.5) is 11.5 Å². The quantitative estimate of drug-likeness (QED) is 0.355. The maximum Gasteiger partial charge on any atom is 0.363 e. The molecule has 1 heterocycles. The zero-order valence-corrected chi connectivity index (χ0v) is 18.0. The number of anilines is 1. The Hall–Kier alpha value is -2.02. The molecule has 7 nitrogen and oxygen atoms in total. The summed E-state index contributed by atoms with van der Waals surface area (Å²) in [7, 11) is 1.71. The van der Waals surface area contributed by atoms with Crippen LogP contribution in [0.25, 0.3) is 0 Å². The van der Waals surface area contributed by atoms with Gasteiger partial charge in [-0.15, -0.1) is 0 Å². The van der Waals surface area contributed by atoms with Gasteiger partial charge < -0.3 is 24.5 Å². The number of carbonyl (C=O) groups is 1. The fraction of sp³-hybridized carbons (Fsp3) is 0.700. The molecule has 0 radical (unpaired) electrons. The van der Waals surface area contributed by atoms with Crippen molar-refractivity contribution >= 4 is 17.8 Å². The van der Waals surface area contributed by atoms with Crippen molar-refractivity contribution in [2.75, 3.05) is 25.1 Å².